The van der Waals surface area contributed by atoms with Crippen molar-refractivity contribution in [3.05, 3.63) is 44.8 Å². The molecule has 0 unspecified atom stereocenters. The Morgan fingerprint density at radius 3 is 2.92 bits per heavy atom. The summed E-state index contributed by atoms with van der Waals surface area (Å²) < 4.78 is 11.4. The lowest BCUT2D eigenvalue weighted by atomic mass is 10.3. The number of esters is 1. The van der Waals surface area contributed by atoms with Gasteiger partial charge in [-0.15, -0.1) is 11.3 Å². The van der Waals surface area contributed by atoms with Gasteiger partial charge in [0.05, 0.1) is 9.80 Å². The first kappa shape index (κ1) is 16.8. The molecule has 0 bridgehead atoms. The van der Waals surface area contributed by atoms with Gasteiger partial charge in [0.25, 0.3) is 5.89 Å². The van der Waals surface area contributed by atoms with E-state index in [0.717, 1.165) is 4.88 Å². The third-order valence-corrected chi connectivity index (χ3v) is 4.22. The minimum Gasteiger partial charge on any atom is -0.456 e. The number of carbonyl (C=O) groups is 1. The van der Waals surface area contributed by atoms with Crippen molar-refractivity contribution in [2.24, 2.45) is 0 Å². The third-order valence-electron chi connectivity index (χ3n) is 3.37. The highest BCUT2D eigenvalue weighted by Crippen LogP contribution is 2.23. The molecule has 0 aliphatic heterocycles. The van der Waals surface area contributed by atoms with E-state index < -0.39 is 10.9 Å². The molecule has 3 aromatic heterocycles. The average molecular weight is 363 g/mol. The van der Waals surface area contributed by atoms with Gasteiger partial charge in [0.2, 0.25) is 5.82 Å². The van der Waals surface area contributed by atoms with E-state index in [4.69, 9.17) is 9.26 Å². The minimum absolute atomic E-state index is 0.105. The maximum absolute atomic E-state index is 11.9. The molecule has 0 fully saturated rings. The predicted molar refractivity (Wildman–Crippen MR) is 85.8 cm³/mol. The zero-order chi connectivity index (χ0) is 18.0. The Bertz CT molecular complexity index is 914. The van der Waals surface area contributed by atoms with Crippen LogP contribution in [0.4, 0.5) is 5.69 Å². The van der Waals surface area contributed by atoms with Crippen molar-refractivity contribution in [3.8, 4) is 10.8 Å². The van der Waals surface area contributed by atoms with Crippen molar-refractivity contribution in [2.75, 3.05) is 0 Å². The van der Waals surface area contributed by atoms with E-state index in [1.807, 2.05) is 17.5 Å². The predicted octanol–water partition coefficient (Wildman–Crippen LogP) is 2.26. The summed E-state index contributed by atoms with van der Waals surface area (Å²) in [6, 6.07) is 3.70. The summed E-state index contributed by atoms with van der Waals surface area (Å²) in [5.74, 6) is -0.0192. The van der Waals surface area contributed by atoms with E-state index in [1.54, 1.807) is 0 Å². The molecule has 0 amide bonds. The molecule has 0 atom stereocenters. The van der Waals surface area contributed by atoms with Gasteiger partial charge in [-0.1, -0.05) is 11.2 Å². The van der Waals surface area contributed by atoms with Crippen molar-refractivity contribution >= 4 is 23.0 Å². The molecule has 130 valence electrons. The number of nitrogens with zero attached hydrogens (tertiary/aromatic N) is 5. The quantitative estimate of drug-likeness (QED) is 0.371. The van der Waals surface area contributed by atoms with E-state index in [9.17, 15) is 14.9 Å². The lowest BCUT2D eigenvalue weighted by molar-refractivity contribution is -0.386. The number of hydrogen-bond acceptors (Lipinski definition) is 9. The van der Waals surface area contributed by atoms with Crippen LogP contribution < -0.4 is 0 Å². The summed E-state index contributed by atoms with van der Waals surface area (Å²) in [7, 11) is 0. The Morgan fingerprint density at radius 1 is 1.48 bits per heavy atom. The molecule has 0 saturated heterocycles. The smallest absolute Gasteiger partial charge is 0.328 e. The normalized spacial score (nSPS) is 10.8. The van der Waals surface area contributed by atoms with Gasteiger partial charge < -0.3 is 9.26 Å². The highest BCUT2D eigenvalue weighted by atomic mass is 32.1. The maximum Gasteiger partial charge on any atom is 0.328 e. The largest absolute Gasteiger partial charge is 0.456 e. The molecule has 0 N–H and O–H groups in total. The second-order valence-electron chi connectivity index (χ2n) is 5.09. The zero-order valence-corrected chi connectivity index (χ0v) is 14.1. The minimum atomic E-state index is -0.608. The van der Waals surface area contributed by atoms with Gasteiger partial charge in [0, 0.05) is 0 Å². The van der Waals surface area contributed by atoms with Crippen molar-refractivity contribution < 1.29 is 19.0 Å². The van der Waals surface area contributed by atoms with Gasteiger partial charge in [-0.05, 0) is 25.3 Å². The summed E-state index contributed by atoms with van der Waals surface area (Å²) >= 11 is 1.45. The Morgan fingerprint density at radius 2 is 2.28 bits per heavy atom. The molecule has 11 heteroatoms. The molecular weight excluding hydrogens is 350 g/mol. The fourth-order valence-corrected chi connectivity index (χ4v) is 2.88. The van der Waals surface area contributed by atoms with Crippen LogP contribution in [0.5, 0.6) is 0 Å². The van der Waals surface area contributed by atoms with Crippen LogP contribution in [0.2, 0.25) is 0 Å². The molecule has 3 rings (SSSR count). The second-order valence-corrected chi connectivity index (χ2v) is 6.04. The fraction of sp³-hybridized carbons (Fsp3) is 0.286. The van der Waals surface area contributed by atoms with Gasteiger partial charge in [0.15, 0.2) is 6.61 Å². The number of thiophene rings is 1. The first-order valence-corrected chi connectivity index (χ1v) is 8.04. The van der Waals surface area contributed by atoms with Crippen LogP contribution in [0.1, 0.15) is 17.2 Å². The monoisotopic (exact) mass is 363 g/mol. The van der Waals surface area contributed by atoms with Crippen molar-refractivity contribution in [1.82, 2.24) is 19.9 Å². The number of aromatic nitrogens is 4. The van der Waals surface area contributed by atoms with E-state index in [0.29, 0.717) is 11.6 Å². The summed E-state index contributed by atoms with van der Waals surface area (Å²) in [5.41, 5.74) is 0.430. The highest BCUT2D eigenvalue weighted by molar-refractivity contribution is 7.13. The van der Waals surface area contributed by atoms with E-state index >= 15 is 0 Å². The summed E-state index contributed by atoms with van der Waals surface area (Å²) in [4.78, 5) is 27.3. The first-order valence-electron chi connectivity index (χ1n) is 7.16. The van der Waals surface area contributed by atoms with Crippen LogP contribution in [0.25, 0.3) is 10.8 Å². The zero-order valence-electron chi connectivity index (χ0n) is 13.3. The Kier molecular flexibility index (Phi) is 4.57. The summed E-state index contributed by atoms with van der Waals surface area (Å²) in [6.07, 6.45) is 0. The van der Waals surface area contributed by atoms with Crippen LogP contribution in [0, 0.1) is 24.0 Å². The van der Waals surface area contributed by atoms with Gasteiger partial charge in [-0.25, -0.2) is 0 Å². The Labute approximate surface area is 145 Å². The van der Waals surface area contributed by atoms with Crippen molar-refractivity contribution in [1.29, 1.82) is 0 Å². The highest BCUT2D eigenvalue weighted by Gasteiger charge is 2.23. The molecule has 0 aliphatic carbocycles. The number of nitro groups is 1. The van der Waals surface area contributed by atoms with Crippen LogP contribution >= 0.6 is 11.3 Å². The van der Waals surface area contributed by atoms with Crippen molar-refractivity contribution in [3.63, 3.8) is 0 Å². The van der Waals surface area contributed by atoms with E-state index in [-0.39, 0.29) is 30.4 Å². The maximum atomic E-state index is 11.9. The Hall–Kier alpha value is -3.08. The van der Waals surface area contributed by atoms with Crippen LogP contribution in [-0.4, -0.2) is 30.8 Å². The molecule has 0 radical (unpaired) electrons. The van der Waals surface area contributed by atoms with Gasteiger partial charge in [0.1, 0.15) is 17.9 Å². The fourth-order valence-electron chi connectivity index (χ4n) is 2.23. The lowest BCUT2D eigenvalue weighted by Crippen LogP contribution is -2.16. The van der Waals surface area contributed by atoms with Gasteiger partial charge >= 0.3 is 11.7 Å². The molecule has 0 aliphatic rings. The van der Waals surface area contributed by atoms with Gasteiger partial charge in [-0.3, -0.25) is 19.6 Å². The van der Waals surface area contributed by atoms with E-state index in [1.165, 1.54) is 29.9 Å². The molecule has 25 heavy (non-hydrogen) atoms. The topological polar surface area (TPSA) is 126 Å². The van der Waals surface area contributed by atoms with Gasteiger partial charge in [-0.2, -0.15) is 10.1 Å². The summed E-state index contributed by atoms with van der Waals surface area (Å²) in [5, 5.41) is 20.6. The number of ether oxygens (including phenoxy) is 1. The number of carbonyl (C=O) groups excluding carboxylic acids is 1. The molecule has 3 heterocycles. The molecule has 10 nitrogen and oxygen atoms in total. The molecule has 0 saturated carbocycles. The molecule has 3 aromatic rings. The molecule has 0 spiro atoms. The number of hydrogen-bond donors (Lipinski definition) is 0. The van der Waals surface area contributed by atoms with Crippen LogP contribution in [0.3, 0.4) is 0 Å². The average Bonchev–Trinajstić information content (AvgIpc) is 3.26. The third kappa shape index (κ3) is 3.55. The second kappa shape index (κ2) is 6.81. The first-order chi connectivity index (χ1) is 12.0. The van der Waals surface area contributed by atoms with Crippen LogP contribution in [-0.2, 0) is 22.7 Å². The number of rotatable bonds is 6. The number of aryl methyl sites for hydroxylation is 1. The standard InChI is InChI=1S/C14H13N5O5S/c1-8-13(19(21)22)9(2)18(16-8)6-12(20)23-7-11-15-14(24-17-11)10-4-3-5-25-10/h3-5H,6-7H2,1-2H3. The lowest BCUT2D eigenvalue weighted by Gasteiger charge is -2.03. The van der Waals surface area contributed by atoms with E-state index in [2.05, 4.69) is 15.2 Å². The summed E-state index contributed by atoms with van der Waals surface area (Å²) in [6.45, 7) is 2.64. The van der Waals surface area contributed by atoms with Crippen molar-refractivity contribution in [2.45, 2.75) is 27.0 Å². The molecule has 0 aromatic carbocycles. The van der Waals surface area contributed by atoms with Crippen LogP contribution in [0.15, 0.2) is 22.0 Å². The Balaban J connectivity index is 1.60. The molecular formula is C14H13N5O5S. The SMILES string of the molecule is Cc1nn(CC(=O)OCc2noc(-c3cccs3)n2)c(C)c1[N+](=O)[O-].